The number of nitrogens with zero attached hydrogens (tertiary/aromatic N) is 2. The lowest BCUT2D eigenvalue weighted by Crippen LogP contribution is -2.39. The maximum absolute atomic E-state index is 13.7. The summed E-state index contributed by atoms with van der Waals surface area (Å²) in [7, 11) is 3.17. The molecule has 11 heteroatoms. The second kappa shape index (κ2) is 18.1. The maximum atomic E-state index is 13.7. The molecule has 0 aliphatic carbocycles. The Morgan fingerprint density at radius 3 is 2.40 bits per heavy atom. The third-order valence-electron chi connectivity index (χ3n) is 8.33. The molecule has 1 aliphatic heterocycles. The first-order valence-electron chi connectivity index (χ1n) is 16.6. The zero-order valence-electron chi connectivity index (χ0n) is 28.2. The number of para-hydroxylation sites is 1. The van der Waals surface area contributed by atoms with Crippen LogP contribution in [0.4, 0.5) is 11.4 Å². The van der Waals surface area contributed by atoms with Gasteiger partial charge in [0.1, 0.15) is 17.2 Å². The van der Waals surface area contributed by atoms with Gasteiger partial charge in [0, 0.05) is 32.1 Å². The molecule has 11 nitrogen and oxygen atoms in total. The van der Waals surface area contributed by atoms with Gasteiger partial charge >= 0.3 is 0 Å². The molecular weight excluding hydrogens is 612 g/mol. The standard InChI is InChI=1S/C37H48N4O7/c1-26-13-16-31(34(24-26)48-22-8-4-5-12-35(43)41-20-17-28(42)18-21-41)40(2)37(45)27-14-15-30(33(25-27)46-3)39-36(44)29-10-6-7-11-32(29)47-23-9-19-38/h6-7,10-11,13-16,24-25,28,42H,4-5,8-9,12,17-23,38H2,1-3H3,(H,39,44). The number of carbonyl (C=O) groups excluding carboxylic acids is 3. The molecule has 48 heavy (non-hydrogen) atoms. The van der Waals surface area contributed by atoms with Crippen LogP contribution in [0.5, 0.6) is 17.2 Å². The number of hydrogen-bond donors (Lipinski definition) is 3. The van der Waals surface area contributed by atoms with Crippen molar-refractivity contribution in [2.45, 2.75) is 58.0 Å². The number of methoxy groups -OCH3 is 1. The molecule has 3 aromatic rings. The summed E-state index contributed by atoms with van der Waals surface area (Å²) in [4.78, 5) is 42.7. The molecule has 0 unspecified atom stereocenters. The summed E-state index contributed by atoms with van der Waals surface area (Å²) in [6.45, 7) is 4.55. The lowest BCUT2D eigenvalue weighted by Gasteiger charge is -2.29. The highest BCUT2D eigenvalue weighted by Crippen LogP contribution is 2.32. The number of piperidine rings is 1. The van der Waals surface area contributed by atoms with Crippen molar-refractivity contribution in [1.29, 1.82) is 0 Å². The van der Waals surface area contributed by atoms with Gasteiger partial charge < -0.3 is 40.2 Å². The fourth-order valence-electron chi connectivity index (χ4n) is 5.49. The van der Waals surface area contributed by atoms with E-state index in [2.05, 4.69) is 5.32 Å². The van der Waals surface area contributed by atoms with E-state index in [1.807, 2.05) is 30.0 Å². The Morgan fingerprint density at radius 1 is 0.917 bits per heavy atom. The molecule has 3 amide bonds. The number of aliphatic hydroxyl groups is 1. The van der Waals surface area contributed by atoms with Crippen molar-refractivity contribution in [3.05, 3.63) is 77.4 Å². The van der Waals surface area contributed by atoms with E-state index in [0.29, 0.717) is 98.3 Å². The Balaban J connectivity index is 1.35. The fourth-order valence-corrected chi connectivity index (χ4v) is 5.49. The molecule has 3 aromatic carbocycles. The number of nitrogens with two attached hydrogens (primary N) is 1. The highest BCUT2D eigenvalue weighted by Gasteiger charge is 2.22. The average Bonchev–Trinajstić information content (AvgIpc) is 3.09. The highest BCUT2D eigenvalue weighted by atomic mass is 16.5. The Labute approximate surface area is 283 Å². The van der Waals surface area contributed by atoms with E-state index < -0.39 is 0 Å². The average molecular weight is 661 g/mol. The van der Waals surface area contributed by atoms with Crippen molar-refractivity contribution in [3.63, 3.8) is 0 Å². The number of aliphatic hydroxyl groups excluding tert-OH is 1. The van der Waals surface area contributed by atoms with Crippen LogP contribution in [-0.4, -0.2) is 80.8 Å². The minimum atomic E-state index is -0.372. The molecule has 4 rings (SSSR count). The van der Waals surface area contributed by atoms with E-state index in [1.165, 1.54) is 12.0 Å². The van der Waals surface area contributed by atoms with Crippen LogP contribution in [0.15, 0.2) is 60.7 Å². The quantitative estimate of drug-likeness (QED) is 0.178. The Kier molecular flexibility index (Phi) is 13.6. The van der Waals surface area contributed by atoms with Crippen molar-refractivity contribution in [3.8, 4) is 17.2 Å². The van der Waals surface area contributed by atoms with Crippen LogP contribution in [0.2, 0.25) is 0 Å². The second-order valence-corrected chi connectivity index (χ2v) is 12.0. The predicted octanol–water partition coefficient (Wildman–Crippen LogP) is 5.18. The van der Waals surface area contributed by atoms with Gasteiger partial charge in [-0.2, -0.15) is 0 Å². The first-order chi connectivity index (χ1) is 23.2. The monoisotopic (exact) mass is 660 g/mol. The number of rotatable bonds is 16. The van der Waals surface area contributed by atoms with Gasteiger partial charge in [-0.3, -0.25) is 14.4 Å². The van der Waals surface area contributed by atoms with E-state index in [0.717, 1.165) is 24.8 Å². The SMILES string of the molecule is COc1cc(C(=O)N(C)c2ccc(C)cc2OCCCCCC(=O)N2CCC(O)CC2)ccc1NC(=O)c1ccccc1OCCCN. The van der Waals surface area contributed by atoms with Gasteiger partial charge in [0.2, 0.25) is 5.91 Å². The van der Waals surface area contributed by atoms with Gasteiger partial charge in [-0.25, -0.2) is 0 Å². The molecule has 0 spiro atoms. The van der Waals surface area contributed by atoms with Crippen LogP contribution >= 0.6 is 0 Å². The van der Waals surface area contributed by atoms with Crippen molar-refractivity contribution in [2.24, 2.45) is 5.73 Å². The molecule has 0 bridgehead atoms. The van der Waals surface area contributed by atoms with E-state index >= 15 is 0 Å². The number of amides is 3. The molecule has 258 valence electrons. The third kappa shape index (κ3) is 9.95. The molecule has 0 radical (unpaired) electrons. The van der Waals surface area contributed by atoms with Crippen molar-refractivity contribution in [2.75, 3.05) is 57.2 Å². The minimum absolute atomic E-state index is 0.143. The van der Waals surface area contributed by atoms with Crippen LogP contribution in [0.3, 0.4) is 0 Å². The fraction of sp³-hybridized carbons (Fsp3) is 0.432. The van der Waals surface area contributed by atoms with E-state index in [1.54, 1.807) is 49.5 Å². The first-order valence-corrected chi connectivity index (χ1v) is 16.6. The Hall–Kier alpha value is -4.61. The molecule has 1 saturated heterocycles. The van der Waals surface area contributed by atoms with Crippen molar-refractivity contribution >= 4 is 29.1 Å². The van der Waals surface area contributed by atoms with Gasteiger partial charge in [-0.15, -0.1) is 0 Å². The van der Waals surface area contributed by atoms with Gasteiger partial charge in [-0.05, 0) is 100 Å². The van der Waals surface area contributed by atoms with Gasteiger partial charge in [0.15, 0.2) is 0 Å². The molecule has 0 atom stereocenters. The van der Waals surface area contributed by atoms with Crippen LogP contribution in [-0.2, 0) is 4.79 Å². The summed E-state index contributed by atoms with van der Waals surface area (Å²) in [5.74, 6) is 0.880. The predicted molar refractivity (Wildman–Crippen MR) is 186 cm³/mol. The lowest BCUT2D eigenvalue weighted by atomic mass is 10.1. The third-order valence-corrected chi connectivity index (χ3v) is 8.33. The Morgan fingerprint density at radius 2 is 1.65 bits per heavy atom. The van der Waals surface area contributed by atoms with E-state index in [-0.39, 0.29) is 23.8 Å². The summed E-state index contributed by atoms with van der Waals surface area (Å²) in [5.41, 5.74) is 8.34. The smallest absolute Gasteiger partial charge is 0.259 e. The number of carbonyl (C=O) groups is 3. The first kappa shape index (κ1) is 36.2. The number of unbranched alkanes of at least 4 members (excludes halogenated alkanes) is 2. The summed E-state index contributed by atoms with van der Waals surface area (Å²) >= 11 is 0. The molecule has 0 aromatic heterocycles. The number of nitrogens with one attached hydrogen (secondary N) is 1. The lowest BCUT2D eigenvalue weighted by molar-refractivity contribution is -0.133. The number of hydrogen-bond acceptors (Lipinski definition) is 8. The van der Waals surface area contributed by atoms with Crippen LogP contribution < -0.4 is 30.2 Å². The molecule has 4 N–H and O–H groups in total. The zero-order valence-corrected chi connectivity index (χ0v) is 28.2. The topological polar surface area (TPSA) is 144 Å². The minimum Gasteiger partial charge on any atom is -0.495 e. The van der Waals surface area contributed by atoms with Gasteiger partial charge in [-0.1, -0.05) is 18.2 Å². The number of likely N-dealkylation sites (tertiary alicyclic amines) is 1. The largest absolute Gasteiger partial charge is 0.495 e. The van der Waals surface area contributed by atoms with Crippen molar-refractivity contribution in [1.82, 2.24) is 4.90 Å². The summed E-state index contributed by atoms with van der Waals surface area (Å²) < 4.78 is 17.5. The summed E-state index contributed by atoms with van der Waals surface area (Å²) in [5, 5.41) is 12.5. The highest BCUT2D eigenvalue weighted by molar-refractivity contribution is 6.09. The second-order valence-electron chi connectivity index (χ2n) is 12.0. The molecule has 1 fully saturated rings. The zero-order chi connectivity index (χ0) is 34.5. The normalized spacial score (nSPS) is 13.1. The summed E-state index contributed by atoms with van der Waals surface area (Å²) in [6.07, 6.45) is 4.54. The van der Waals surface area contributed by atoms with Gasteiger partial charge in [0.25, 0.3) is 11.8 Å². The maximum Gasteiger partial charge on any atom is 0.259 e. The van der Waals surface area contributed by atoms with Crippen LogP contribution in [0, 0.1) is 6.92 Å². The molecule has 0 saturated carbocycles. The number of ether oxygens (including phenoxy) is 3. The van der Waals surface area contributed by atoms with E-state index in [4.69, 9.17) is 19.9 Å². The van der Waals surface area contributed by atoms with Crippen molar-refractivity contribution < 1.29 is 33.7 Å². The Bertz CT molecular complexity index is 1540. The van der Waals surface area contributed by atoms with Gasteiger partial charge in [0.05, 0.1) is 43.4 Å². The number of aryl methyl sites for hydroxylation is 1. The number of anilines is 2. The van der Waals surface area contributed by atoms with Crippen LogP contribution in [0.1, 0.15) is 71.2 Å². The van der Waals surface area contributed by atoms with Crippen LogP contribution in [0.25, 0.3) is 0 Å². The number of benzene rings is 3. The summed E-state index contributed by atoms with van der Waals surface area (Å²) in [6, 6.07) is 17.5. The molecular formula is C37H48N4O7. The molecule has 1 aliphatic rings. The van der Waals surface area contributed by atoms with E-state index in [9.17, 15) is 19.5 Å². The molecule has 1 heterocycles.